The van der Waals surface area contributed by atoms with Gasteiger partial charge in [0.05, 0.1) is 6.07 Å². The second-order valence-corrected chi connectivity index (χ2v) is 2.49. The van der Waals surface area contributed by atoms with Crippen molar-refractivity contribution in [2.24, 2.45) is 5.41 Å². The molecule has 1 saturated carbocycles. The number of rotatable bonds is 2. The highest BCUT2D eigenvalue weighted by Gasteiger charge is 2.56. The van der Waals surface area contributed by atoms with Crippen LogP contribution in [0, 0.1) is 16.7 Å². The van der Waals surface area contributed by atoms with E-state index in [1.54, 1.807) is 0 Å². The maximum atomic E-state index is 10.4. The van der Waals surface area contributed by atoms with Gasteiger partial charge in [0.15, 0.2) is 6.10 Å². The van der Waals surface area contributed by atoms with Crippen LogP contribution in [0.4, 0.5) is 0 Å². The van der Waals surface area contributed by atoms with Gasteiger partial charge < -0.3 is 10.2 Å². The Morgan fingerprint density at radius 1 is 1.70 bits per heavy atom. The van der Waals surface area contributed by atoms with Crippen molar-refractivity contribution in [3.05, 3.63) is 0 Å². The van der Waals surface area contributed by atoms with Crippen LogP contribution in [0.25, 0.3) is 0 Å². The maximum Gasteiger partial charge on any atom is 0.313 e. The van der Waals surface area contributed by atoms with Crippen LogP contribution in [0.3, 0.4) is 0 Å². The minimum Gasteiger partial charge on any atom is -0.481 e. The van der Waals surface area contributed by atoms with E-state index in [1.165, 1.54) is 6.07 Å². The van der Waals surface area contributed by atoms with Gasteiger partial charge in [0.25, 0.3) is 0 Å². The Balaban J connectivity index is 2.71. The summed E-state index contributed by atoms with van der Waals surface area (Å²) in [7, 11) is 0. The van der Waals surface area contributed by atoms with E-state index < -0.39 is 17.5 Å². The predicted octanol–water partition coefficient (Wildman–Crippen LogP) is -0.264. The fourth-order valence-corrected chi connectivity index (χ4v) is 0.862. The summed E-state index contributed by atoms with van der Waals surface area (Å²) in [4.78, 5) is 10.4. The zero-order chi connectivity index (χ0) is 7.78. The molecule has 0 aromatic carbocycles. The summed E-state index contributed by atoms with van der Waals surface area (Å²) in [6.07, 6.45) is -0.515. The van der Waals surface area contributed by atoms with Crippen LogP contribution in [-0.4, -0.2) is 22.3 Å². The lowest BCUT2D eigenvalue weighted by molar-refractivity contribution is -0.146. The molecule has 0 heterocycles. The molecule has 2 N–H and O–H groups in total. The molecule has 0 amide bonds. The van der Waals surface area contributed by atoms with Crippen molar-refractivity contribution in [2.45, 2.75) is 18.9 Å². The average Bonchev–Trinajstić information content (AvgIpc) is 2.65. The maximum absolute atomic E-state index is 10.4. The fraction of sp³-hybridized carbons (Fsp3) is 0.667. The number of aliphatic hydroxyl groups is 1. The smallest absolute Gasteiger partial charge is 0.313 e. The van der Waals surface area contributed by atoms with Gasteiger partial charge in [0.2, 0.25) is 0 Å². The Morgan fingerprint density at radius 3 is 2.30 bits per heavy atom. The lowest BCUT2D eigenvalue weighted by atomic mass is 10.0. The third-order valence-electron chi connectivity index (χ3n) is 1.86. The minimum absolute atomic E-state index is 0.414. The van der Waals surface area contributed by atoms with E-state index >= 15 is 0 Å². The summed E-state index contributed by atoms with van der Waals surface area (Å²) in [5, 5.41) is 25.6. The van der Waals surface area contributed by atoms with Gasteiger partial charge in [0.1, 0.15) is 5.41 Å². The first-order valence-electron chi connectivity index (χ1n) is 2.94. The largest absolute Gasteiger partial charge is 0.481 e. The van der Waals surface area contributed by atoms with E-state index in [0.29, 0.717) is 12.8 Å². The molecule has 0 aliphatic heterocycles. The second kappa shape index (κ2) is 1.96. The second-order valence-electron chi connectivity index (χ2n) is 2.49. The van der Waals surface area contributed by atoms with Crippen LogP contribution in [-0.2, 0) is 4.79 Å². The molecule has 1 atom stereocenters. The molecule has 0 saturated heterocycles. The van der Waals surface area contributed by atoms with Crippen molar-refractivity contribution in [3.8, 4) is 6.07 Å². The van der Waals surface area contributed by atoms with Gasteiger partial charge in [-0.15, -0.1) is 0 Å². The number of carboxylic acid groups (broad SMARTS) is 1. The number of carboxylic acids is 1. The van der Waals surface area contributed by atoms with Crippen molar-refractivity contribution in [1.82, 2.24) is 0 Å². The third-order valence-corrected chi connectivity index (χ3v) is 1.86. The van der Waals surface area contributed by atoms with Crippen molar-refractivity contribution >= 4 is 5.97 Å². The monoisotopic (exact) mass is 141 g/mol. The summed E-state index contributed by atoms with van der Waals surface area (Å²) >= 11 is 0. The molecular formula is C6H7NO3. The molecule has 4 nitrogen and oxygen atoms in total. The number of nitrogens with zero attached hydrogens (tertiary/aromatic N) is 1. The standard InChI is InChI=1S/C6H7NO3/c7-3-4(8)6(1-2-6)5(9)10/h4,8H,1-2H2,(H,9,10). The molecule has 1 aliphatic carbocycles. The molecule has 54 valence electrons. The van der Waals surface area contributed by atoms with Crippen LogP contribution in [0.1, 0.15) is 12.8 Å². The van der Waals surface area contributed by atoms with Crippen LogP contribution < -0.4 is 0 Å². The van der Waals surface area contributed by atoms with Gasteiger partial charge in [-0.05, 0) is 12.8 Å². The predicted molar refractivity (Wildman–Crippen MR) is 30.9 cm³/mol. The number of aliphatic hydroxyl groups excluding tert-OH is 1. The number of carbonyl (C=O) groups is 1. The first-order valence-corrected chi connectivity index (χ1v) is 2.94. The molecule has 0 radical (unpaired) electrons. The normalized spacial score (nSPS) is 22.8. The van der Waals surface area contributed by atoms with Crippen LogP contribution in [0.15, 0.2) is 0 Å². The van der Waals surface area contributed by atoms with E-state index in [9.17, 15) is 4.79 Å². The molecular weight excluding hydrogens is 134 g/mol. The summed E-state index contributed by atoms with van der Waals surface area (Å²) in [6.45, 7) is 0. The number of hydrogen-bond donors (Lipinski definition) is 2. The Kier molecular flexibility index (Phi) is 1.38. The fourth-order valence-electron chi connectivity index (χ4n) is 0.862. The molecule has 0 aromatic rings. The highest BCUT2D eigenvalue weighted by Crippen LogP contribution is 2.48. The van der Waals surface area contributed by atoms with Crippen molar-refractivity contribution < 1.29 is 15.0 Å². The molecule has 1 unspecified atom stereocenters. The molecule has 10 heavy (non-hydrogen) atoms. The zero-order valence-corrected chi connectivity index (χ0v) is 5.24. The average molecular weight is 141 g/mol. The lowest BCUT2D eigenvalue weighted by Gasteiger charge is -2.08. The molecule has 1 aliphatic rings. The minimum atomic E-state index is -1.34. The lowest BCUT2D eigenvalue weighted by Crippen LogP contribution is -2.28. The van der Waals surface area contributed by atoms with Crippen LogP contribution >= 0.6 is 0 Å². The molecule has 1 fully saturated rings. The van der Waals surface area contributed by atoms with Crippen molar-refractivity contribution in [1.29, 1.82) is 5.26 Å². The Labute approximate surface area is 57.7 Å². The van der Waals surface area contributed by atoms with E-state index in [4.69, 9.17) is 15.5 Å². The summed E-state index contributed by atoms with van der Waals surface area (Å²) in [5.41, 5.74) is -1.13. The van der Waals surface area contributed by atoms with E-state index in [1.807, 2.05) is 0 Å². The molecule has 1 rings (SSSR count). The van der Waals surface area contributed by atoms with Gasteiger partial charge in [-0.3, -0.25) is 4.79 Å². The van der Waals surface area contributed by atoms with Crippen LogP contribution in [0.5, 0.6) is 0 Å². The Hall–Kier alpha value is -1.08. The van der Waals surface area contributed by atoms with Gasteiger partial charge >= 0.3 is 5.97 Å². The van der Waals surface area contributed by atoms with Gasteiger partial charge in [-0.25, -0.2) is 0 Å². The first-order chi connectivity index (χ1) is 4.63. The molecule has 0 bridgehead atoms. The Morgan fingerprint density at radius 2 is 2.20 bits per heavy atom. The zero-order valence-electron chi connectivity index (χ0n) is 5.24. The van der Waals surface area contributed by atoms with E-state index in [2.05, 4.69) is 0 Å². The topological polar surface area (TPSA) is 81.3 Å². The van der Waals surface area contributed by atoms with E-state index in [-0.39, 0.29) is 0 Å². The van der Waals surface area contributed by atoms with Gasteiger partial charge in [-0.1, -0.05) is 0 Å². The number of aliphatic carboxylic acids is 1. The van der Waals surface area contributed by atoms with Crippen LogP contribution in [0.2, 0.25) is 0 Å². The van der Waals surface area contributed by atoms with Crippen molar-refractivity contribution in [3.63, 3.8) is 0 Å². The SMILES string of the molecule is N#CC(O)C1(C(=O)O)CC1. The third kappa shape index (κ3) is 0.755. The van der Waals surface area contributed by atoms with Gasteiger partial charge in [-0.2, -0.15) is 5.26 Å². The molecule has 4 heteroatoms. The number of hydrogen-bond acceptors (Lipinski definition) is 3. The summed E-state index contributed by atoms with van der Waals surface area (Å²) < 4.78 is 0. The highest BCUT2D eigenvalue weighted by atomic mass is 16.4. The Bertz CT molecular complexity index is 202. The quantitative estimate of drug-likeness (QED) is 0.519. The number of nitriles is 1. The molecule has 0 spiro atoms. The van der Waals surface area contributed by atoms with Gasteiger partial charge in [0, 0.05) is 0 Å². The first kappa shape index (κ1) is 7.03. The summed E-state index contributed by atoms with van der Waals surface area (Å²) in [5.74, 6) is -1.07. The highest BCUT2D eigenvalue weighted by molar-refractivity contribution is 5.79. The summed E-state index contributed by atoms with van der Waals surface area (Å²) in [6, 6.07) is 1.52. The molecule has 0 aromatic heterocycles. The van der Waals surface area contributed by atoms with Crippen molar-refractivity contribution in [2.75, 3.05) is 0 Å². The van der Waals surface area contributed by atoms with E-state index in [0.717, 1.165) is 0 Å².